The minimum atomic E-state index is -0.448. The molecule has 0 saturated heterocycles. The average Bonchev–Trinajstić information content (AvgIpc) is 3.03. The Morgan fingerprint density at radius 1 is 1.19 bits per heavy atom. The van der Waals surface area contributed by atoms with E-state index in [0.29, 0.717) is 27.7 Å². The number of halogens is 1. The summed E-state index contributed by atoms with van der Waals surface area (Å²) >= 11 is 0. The minimum absolute atomic E-state index is 0.0393. The first-order valence-corrected chi connectivity index (χ1v) is 7.78. The number of H-pyrrole nitrogens is 1. The van der Waals surface area contributed by atoms with Crippen LogP contribution in [0.2, 0.25) is 0 Å². The fourth-order valence-electron chi connectivity index (χ4n) is 2.61. The summed E-state index contributed by atoms with van der Waals surface area (Å²) in [4.78, 5) is 26.6. The standard InChI is InChI=1S/C20H14FN3O2/c1-12(25)24-16-5-2-13(3-6-16)8-14(10-22)20(26)18-11-23-19-9-15(21)4-7-17(18)19/h2-9,11,23H,1H3,(H,24,25)/b14-8+. The molecule has 6 heteroatoms. The van der Waals surface area contributed by atoms with Crippen molar-refractivity contribution in [1.29, 1.82) is 5.26 Å². The number of aromatic nitrogens is 1. The quantitative estimate of drug-likeness (QED) is 0.424. The number of fused-ring (bicyclic) bond motifs is 1. The van der Waals surface area contributed by atoms with Crippen LogP contribution in [0.15, 0.2) is 54.2 Å². The molecule has 0 radical (unpaired) electrons. The molecule has 1 heterocycles. The zero-order chi connectivity index (χ0) is 18.7. The van der Waals surface area contributed by atoms with E-state index < -0.39 is 11.6 Å². The maximum absolute atomic E-state index is 13.3. The van der Waals surface area contributed by atoms with Gasteiger partial charge in [-0.3, -0.25) is 9.59 Å². The van der Waals surface area contributed by atoms with Crippen LogP contribution in [0.25, 0.3) is 17.0 Å². The van der Waals surface area contributed by atoms with Crippen molar-refractivity contribution in [2.75, 3.05) is 5.32 Å². The van der Waals surface area contributed by atoms with Crippen molar-refractivity contribution in [2.24, 2.45) is 0 Å². The number of benzene rings is 2. The Morgan fingerprint density at radius 3 is 2.58 bits per heavy atom. The Morgan fingerprint density at radius 2 is 1.92 bits per heavy atom. The number of carbonyl (C=O) groups excluding carboxylic acids is 2. The summed E-state index contributed by atoms with van der Waals surface area (Å²) in [6, 6.07) is 12.7. The van der Waals surface area contributed by atoms with Gasteiger partial charge in [-0.15, -0.1) is 0 Å². The normalized spacial score (nSPS) is 11.2. The van der Waals surface area contributed by atoms with Gasteiger partial charge in [0.2, 0.25) is 11.7 Å². The van der Waals surface area contributed by atoms with Gasteiger partial charge in [-0.25, -0.2) is 4.39 Å². The molecule has 0 bridgehead atoms. The lowest BCUT2D eigenvalue weighted by molar-refractivity contribution is -0.114. The van der Waals surface area contributed by atoms with Crippen molar-refractivity contribution in [3.05, 3.63) is 71.2 Å². The van der Waals surface area contributed by atoms with Crippen LogP contribution in [0.4, 0.5) is 10.1 Å². The lowest BCUT2D eigenvalue weighted by Gasteiger charge is -2.03. The van der Waals surface area contributed by atoms with Crippen molar-refractivity contribution in [1.82, 2.24) is 4.98 Å². The SMILES string of the molecule is CC(=O)Nc1ccc(/C=C(\C#N)C(=O)c2c[nH]c3cc(F)ccc23)cc1. The number of Topliss-reactive ketones (excluding diaryl/α,β-unsaturated/α-hetero) is 1. The second-order valence-corrected chi connectivity index (χ2v) is 5.69. The van der Waals surface area contributed by atoms with Crippen LogP contribution in [0, 0.1) is 17.1 Å². The second kappa shape index (κ2) is 7.03. The maximum Gasteiger partial charge on any atom is 0.221 e. The van der Waals surface area contributed by atoms with Gasteiger partial charge in [0, 0.05) is 35.3 Å². The van der Waals surface area contributed by atoms with Crippen LogP contribution >= 0.6 is 0 Å². The van der Waals surface area contributed by atoms with E-state index in [4.69, 9.17) is 0 Å². The predicted octanol–water partition coefficient (Wildman–Crippen LogP) is 4.06. The number of ketones is 1. The molecule has 0 aliphatic carbocycles. The van der Waals surface area contributed by atoms with Crippen LogP contribution in [-0.2, 0) is 4.79 Å². The smallest absolute Gasteiger partial charge is 0.221 e. The third-order valence-corrected chi connectivity index (χ3v) is 3.80. The van der Waals surface area contributed by atoms with E-state index in [0.717, 1.165) is 0 Å². The lowest BCUT2D eigenvalue weighted by Crippen LogP contribution is -2.05. The highest BCUT2D eigenvalue weighted by molar-refractivity contribution is 6.19. The van der Waals surface area contributed by atoms with E-state index in [-0.39, 0.29) is 11.5 Å². The highest BCUT2D eigenvalue weighted by atomic mass is 19.1. The molecule has 2 N–H and O–H groups in total. The van der Waals surface area contributed by atoms with Crippen LogP contribution in [-0.4, -0.2) is 16.7 Å². The molecule has 2 aromatic carbocycles. The number of nitrogens with one attached hydrogen (secondary N) is 2. The van der Waals surface area contributed by atoms with Gasteiger partial charge in [0.1, 0.15) is 17.5 Å². The molecule has 0 saturated carbocycles. The van der Waals surface area contributed by atoms with Crippen LogP contribution in [0.5, 0.6) is 0 Å². The monoisotopic (exact) mass is 347 g/mol. The van der Waals surface area contributed by atoms with Gasteiger partial charge >= 0.3 is 0 Å². The fourth-order valence-corrected chi connectivity index (χ4v) is 2.61. The minimum Gasteiger partial charge on any atom is -0.360 e. The van der Waals surface area contributed by atoms with Crippen molar-refractivity contribution in [2.45, 2.75) is 6.92 Å². The number of hydrogen-bond acceptors (Lipinski definition) is 3. The van der Waals surface area contributed by atoms with Gasteiger partial charge in [0.15, 0.2) is 0 Å². The molecule has 0 unspecified atom stereocenters. The summed E-state index contributed by atoms with van der Waals surface area (Å²) in [6.07, 6.45) is 2.94. The van der Waals surface area contributed by atoms with E-state index >= 15 is 0 Å². The van der Waals surface area contributed by atoms with Crippen LogP contribution in [0.1, 0.15) is 22.8 Å². The lowest BCUT2D eigenvalue weighted by atomic mass is 10.0. The summed E-state index contributed by atoms with van der Waals surface area (Å²) < 4.78 is 13.3. The molecular formula is C20H14FN3O2. The molecule has 3 aromatic rings. The number of anilines is 1. The Labute approximate surface area is 148 Å². The zero-order valence-corrected chi connectivity index (χ0v) is 13.8. The van der Waals surface area contributed by atoms with E-state index in [1.165, 1.54) is 37.4 Å². The number of amides is 1. The van der Waals surface area contributed by atoms with Gasteiger partial charge in [0.25, 0.3) is 0 Å². The highest BCUT2D eigenvalue weighted by Crippen LogP contribution is 2.23. The third-order valence-electron chi connectivity index (χ3n) is 3.80. The van der Waals surface area contributed by atoms with E-state index in [1.807, 2.05) is 6.07 Å². The Kier molecular flexibility index (Phi) is 4.63. The number of aromatic amines is 1. The number of rotatable bonds is 4. The van der Waals surface area contributed by atoms with Gasteiger partial charge in [-0.1, -0.05) is 12.1 Å². The molecule has 128 valence electrons. The average molecular weight is 347 g/mol. The Hall–Kier alpha value is -3.72. The van der Waals surface area contributed by atoms with Gasteiger partial charge < -0.3 is 10.3 Å². The van der Waals surface area contributed by atoms with E-state index in [9.17, 15) is 19.2 Å². The topological polar surface area (TPSA) is 85.8 Å². The number of nitrogens with zero attached hydrogens (tertiary/aromatic N) is 1. The molecule has 0 spiro atoms. The van der Waals surface area contributed by atoms with Crippen molar-refractivity contribution in [3.63, 3.8) is 0 Å². The number of nitriles is 1. The van der Waals surface area contributed by atoms with Crippen LogP contribution in [0.3, 0.4) is 0 Å². The maximum atomic E-state index is 13.3. The largest absolute Gasteiger partial charge is 0.360 e. The van der Waals surface area contributed by atoms with Crippen LogP contribution < -0.4 is 5.32 Å². The number of hydrogen-bond donors (Lipinski definition) is 2. The summed E-state index contributed by atoms with van der Waals surface area (Å²) in [7, 11) is 0. The molecule has 5 nitrogen and oxygen atoms in total. The molecule has 26 heavy (non-hydrogen) atoms. The predicted molar refractivity (Wildman–Crippen MR) is 96.9 cm³/mol. The molecule has 1 aromatic heterocycles. The highest BCUT2D eigenvalue weighted by Gasteiger charge is 2.17. The molecule has 0 aliphatic rings. The first-order chi connectivity index (χ1) is 12.5. The third kappa shape index (κ3) is 3.52. The van der Waals surface area contributed by atoms with E-state index in [1.54, 1.807) is 24.3 Å². The molecule has 0 fully saturated rings. The summed E-state index contributed by atoms with van der Waals surface area (Å²) in [5.41, 5.74) is 2.03. The number of allylic oxidation sites excluding steroid dienone is 1. The van der Waals surface area contributed by atoms with E-state index in [2.05, 4.69) is 10.3 Å². The summed E-state index contributed by atoms with van der Waals surface area (Å²) in [6.45, 7) is 1.41. The first kappa shape index (κ1) is 17.1. The molecule has 0 atom stereocenters. The van der Waals surface area contributed by atoms with Gasteiger partial charge in [-0.2, -0.15) is 5.26 Å². The zero-order valence-electron chi connectivity index (χ0n) is 13.8. The Bertz CT molecular complexity index is 1070. The van der Waals surface area contributed by atoms with Gasteiger partial charge in [0.05, 0.1) is 0 Å². The second-order valence-electron chi connectivity index (χ2n) is 5.69. The molecule has 3 rings (SSSR count). The molecule has 0 aliphatic heterocycles. The first-order valence-electron chi connectivity index (χ1n) is 7.78. The number of carbonyl (C=O) groups is 2. The fraction of sp³-hybridized carbons (Fsp3) is 0.0500. The van der Waals surface area contributed by atoms with Gasteiger partial charge in [-0.05, 0) is 42.0 Å². The van der Waals surface area contributed by atoms with Crippen molar-refractivity contribution < 1.29 is 14.0 Å². The Balaban J connectivity index is 1.92. The summed E-state index contributed by atoms with van der Waals surface area (Å²) in [5.74, 6) is -1.04. The van der Waals surface area contributed by atoms with Crippen molar-refractivity contribution in [3.8, 4) is 6.07 Å². The molecular weight excluding hydrogens is 333 g/mol. The van der Waals surface area contributed by atoms with Crippen molar-refractivity contribution >= 4 is 34.4 Å². The summed E-state index contributed by atoms with van der Waals surface area (Å²) in [5, 5.41) is 12.6. The molecule has 1 amide bonds.